The van der Waals surface area contributed by atoms with Crippen LogP contribution in [0.25, 0.3) is 0 Å². The van der Waals surface area contributed by atoms with Gasteiger partial charge in [0.15, 0.2) is 5.17 Å². The number of hydrogen-bond donors (Lipinski definition) is 1. The van der Waals surface area contributed by atoms with E-state index in [9.17, 15) is 9.59 Å². The zero-order chi connectivity index (χ0) is 22.5. The van der Waals surface area contributed by atoms with Crippen molar-refractivity contribution >= 4 is 40.3 Å². The molecule has 2 amide bonds. The monoisotopic (exact) mass is 447 g/mol. The third-order valence-electron chi connectivity index (χ3n) is 5.13. The van der Waals surface area contributed by atoms with E-state index in [0.29, 0.717) is 29.0 Å². The van der Waals surface area contributed by atoms with Gasteiger partial charge in [-0.3, -0.25) is 14.6 Å². The maximum absolute atomic E-state index is 13.1. The number of rotatable bonds is 7. The van der Waals surface area contributed by atoms with E-state index in [1.54, 1.807) is 7.11 Å². The van der Waals surface area contributed by atoms with E-state index in [-0.39, 0.29) is 30.4 Å². The number of nitrogens with zero attached hydrogens (tertiary/aromatic N) is 4. The molecule has 0 spiro atoms. The summed E-state index contributed by atoms with van der Waals surface area (Å²) in [6, 6.07) is 16.3. The van der Waals surface area contributed by atoms with Gasteiger partial charge in [-0.25, -0.2) is 9.89 Å². The normalized spacial score (nSPS) is 16.4. The van der Waals surface area contributed by atoms with Gasteiger partial charge in [0, 0.05) is 24.1 Å². The van der Waals surface area contributed by atoms with Crippen molar-refractivity contribution in [3.8, 4) is 11.8 Å². The molecular weight excluding hydrogens is 426 g/mol. The summed E-state index contributed by atoms with van der Waals surface area (Å²) in [4.78, 5) is 36.1. The number of nitrogens with one attached hydrogen (secondary N) is 1. The topological polar surface area (TPSA) is 107 Å². The molecule has 2 aromatic rings. The first-order valence-corrected chi connectivity index (χ1v) is 11.1. The number of carbonyl (C=O) groups is 2. The highest BCUT2D eigenvalue weighted by atomic mass is 32.2. The van der Waals surface area contributed by atoms with Crippen LogP contribution in [0.4, 0.5) is 5.69 Å². The molecule has 162 valence electrons. The molecule has 9 heteroatoms. The summed E-state index contributed by atoms with van der Waals surface area (Å²) in [5.74, 6) is 1.02. The Morgan fingerprint density at radius 3 is 2.84 bits per heavy atom. The van der Waals surface area contributed by atoms with Gasteiger partial charge >= 0.3 is 0 Å². The first-order chi connectivity index (χ1) is 15.6. The predicted octanol–water partition coefficient (Wildman–Crippen LogP) is 3.01. The molecule has 0 fully saturated rings. The molecule has 0 saturated carbocycles. The van der Waals surface area contributed by atoms with E-state index in [4.69, 9.17) is 10.00 Å². The Kier molecular flexibility index (Phi) is 6.52. The zero-order valence-corrected chi connectivity index (χ0v) is 18.3. The minimum atomic E-state index is -0.666. The van der Waals surface area contributed by atoms with Gasteiger partial charge in [0.1, 0.15) is 17.6 Å². The lowest BCUT2D eigenvalue weighted by Gasteiger charge is -2.25. The SMILES string of the molecule is COc1ccccc1CNC(=O)CC[C@H]1N=C2c3ccccc3N=C(SCC#N)N2C1=O. The third kappa shape index (κ3) is 4.36. The number of benzene rings is 2. The molecular formula is C23H21N5O3S. The summed E-state index contributed by atoms with van der Waals surface area (Å²) < 4.78 is 5.30. The van der Waals surface area contributed by atoms with E-state index in [0.717, 1.165) is 11.1 Å². The Balaban J connectivity index is 1.43. The van der Waals surface area contributed by atoms with Crippen molar-refractivity contribution in [3.63, 3.8) is 0 Å². The zero-order valence-electron chi connectivity index (χ0n) is 17.4. The van der Waals surface area contributed by atoms with Crippen LogP contribution in [0.1, 0.15) is 24.0 Å². The van der Waals surface area contributed by atoms with Gasteiger partial charge in [0.2, 0.25) is 5.91 Å². The van der Waals surface area contributed by atoms with Crippen LogP contribution < -0.4 is 10.1 Å². The predicted molar refractivity (Wildman–Crippen MR) is 123 cm³/mol. The van der Waals surface area contributed by atoms with Crippen LogP contribution >= 0.6 is 11.8 Å². The standard InChI is InChI=1S/C23H21N5O3S/c1-31-19-9-5-2-6-15(19)14-25-20(29)11-10-18-22(30)28-21(26-18)16-7-3-4-8-17(16)27-23(28)32-13-12-24/h2-9,18H,10-11,13-14H2,1H3,(H,25,29)/t18-/m1/s1. The Hall–Kier alpha value is -3.64. The van der Waals surface area contributed by atoms with Crippen molar-refractivity contribution in [2.75, 3.05) is 12.9 Å². The number of thioether (sulfide) groups is 1. The average molecular weight is 448 g/mol. The van der Waals surface area contributed by atoms with Crippen molar-refractivity contribution < 1.29 is 14.3 Å². The Bertz CT molecular complexity index is 1150. The third-order valence-corrected chi connectivity index (χ3v) is 5.93. The average Bonchev–Trinajstić information content (AvgIpc) is 3.16. The minimum Gasteiger partial charge on any atom is -0.496 e. The highest BCUT2D eigenvalue weighted by Crippen LogP contribution is 2.34. The maximum atomic E-state index is 13.1. The first kappa shape index (κ1) is 21.6. The lowest BCUT2D eigenvalue weighted by atomic mass is 10.1. The molecule has 0 aliphatic carbocycles. The highest BCUT2D eigenvalue weighted by molar-refractivity contribution is 8.14. The molecule has 2 heterocycles. The van der Waals surface area contributed by atoms with Crippen molar-refractivity contribution in [1.29, 1.82) is 5.26 Å². The summed E-state index contributed by atoms with van der Waals surface area (Å²) in [6.07, 6.45) is 0.449. The molecule has 32 heavy (non-hydrogen) atoms. The lowest BCUT2D eigenvalue weighted by Crippen LogP contribution is -2.41. The summed E-state index contributed by atoms with van der Waals surface area (Å²) >= 11 is 1.20. The first-order valence-electron chi connectivity index (χ1n) is 10.1. The number of fused-ring (bicyclic) bond motifs is 3. The Labute approximate surface area is 190 Å². The molecule has 4 rings (SSSR count). The van der Waals surface area contributed by atoms with E-state index in [2.05, 4.69) is 21.4 Å². The molecule has 2 aliphatic heterocycles. The minimum absolute atomic E-state index is 0.162. The van der Waals surface area contributed by atoms with Gasteiger partial charge in [0.25, 0.3) is 5.91 Å². The second-order valence-electron chi connectivity index (χ2n) is 7.13. The lowest BCUT2D eigenvalue weighted by molar-refractivity contribution is -0.125. The maximum Gasteiger partial charge on any atom is 0.259 e. The second-order valence-corrected chi connectivity index (χ2v) is 8.07. The van der Waals surface area contributed by atoms with Crippen LogP contribution in [0.2, 0.25) is 0 Å². The van der Waals surface area contributed by atoms with Gasteiger partial charge in [-0.15, -0.1) is 0 Å². The van der Waals surface area contributed by atoms with Gasteiger partial charge < -0.3 is 10.1 Å². The van der Waals surface area contributed by atoms with Crippen LogP contribution in [0, 0.1) is 11.3 Å². The molecule has 0 saturated heterocycles. The number of carbonyl (C=O) groups excluding carboxylic acids is 2. The van der Waals surface area contributed by atoms with Crippen LogP contribution in [0.15, 0.2) is 58.5 Å². The number of nitriles is 1. The van der Waals surface area contributed by atoms with Gasteiger partial charge in [-0.05, 0) is 24.6 Å². The molecule has 0 aromatic heterocycles. The van der Waals surface area contributed by atoms with Crippen molar-refractivity contribution in [1.82, 2.24) is 10.2 Å². The van der Waals surface area contributed by atoms with Crippen LogP contribution in [-0.4, -0.2) is 46.6 Å². The number of ether oxygens (including phenoxy) is 1. The molecule has 1 N–H and O–H groups in total. The smallest absolute Gasteiger partial charge is 0.259 e. The number of aliphatic imine (C=N–C) groups is 2. The highest BCUT2D eigenvalue weighted by Gasteiger charge is 2.41. The number of amidine groups is 2. The fourth-order valence-corrected chi connectivity index (χ4v) is 4.24. The van der Waals surface area contributed by atoms with E-state index in [1.165, 1.54) is 16.7 Å². The molecule has 0 unspecified atom stereocenters. The van der Waals surface area contributed by atoms with Crippen molar-refractivity contribution in [3.05, 3.63) is 59.7 Å². The van der Waals surface area contributed by atoms with Crippen LogP contribution in [0.5, 0.6) is 5.75 Å². The number of methoxy groups -OCH3 is 1. The molecule has 1 atom stereocenters. The van der Waals surface area contributed by atoms with Crippen molar-refractivity contribution in [2.24, 2.45) is 9.98 Å². The molecule has 2 aliphatic rings. The largest absolute Gasteiger partial charge is 0.496 e. The number of amides is 2. The molecule has 0 radical (unpaired) electrons. The fourth-order valence-electron chi connectivity index (χ4n) is 3.58. The molecule has 0 bridgehead atoms. The fraction of sp³-hybridized carbons (Fsp3) is 0.261. The van der Waals surface area contributed by atoms with Crippen LogP contribution in [-0.2, 0) is 16.1 Å². The van der Waals surface area contributed by atoms with Gasteiger partial charge in [0.05, 0.1) is 24.6 Å². The van der Waals surface area contributed by atoms with Gasteiger partial charge in [-0.1, -0.05) is 42.1 Å². The van der Waals surface area contributed by atoms with Crippen LogP contribution in [0.3, 0.4) is 0 Å². The van der Waals surface area contributed by atoms with E-state index < -0.39 is 6.04 Å². The second kappa shape index (κ2) is 9.66. The van der Waals surface area contributed by atoms with E-state index >= 15 is 0 Å². The quantitative estimate of drug-likeness (QED) is 0.702. The summed E-state index contributed by atoms with van der Waals surface area (Å²) in [6.45, 7) is 0.344. The molecule has 2 aromatic carbocycles. The summed E-state index contributed by atoms with van der Waals surface area (Å²) in [7, 11) is 1.59. The van der Waals surface area contributed by atoms with Crippen molar-refractivity contribution in [2.45, 2.75) is 25.4 Å². The number of para-hydroxylation sites is 2. The van der Waals surface area contributed by atoms with E-state index in [1.807, 2.05) is 48.5 Å². The summed E-state index contributed by atoms with van der Waals surface area (Å²) in [5.41, 5.74) is 2.36. The van der Waals surface area contributed by atoms with Gasteiger partial charge in [-0.2, -0.15) is 5.26 Å². The Morgan fingerprint density at radius 2 is 2.03 bits per heavy atom. The number of hydrogen-bond acceptors (Lipinski definition) is 7. The Morgan fingerprint density at radius 1 is 1.25 bits per heavy atom. The molecule has 8 nitrogen and oxygen atoms in total. The summed E-state index contributed by atoms with van der Waals surface area (Å²) in [5, 5.41) is 12.3.